The topological polar surface area (TPSA) is 41.1 Å². The van der Waals surface area contributed by atoms with Crippen LogP contribution in [0, 0.1) is 6.92 Å². The highest BCUT2D eigenvalue weighted by Gasteiger charge is 2.16. The summed E-state index contributed by atoms with van der Waals surface area (Å²) in [6, 6.07) is 6.16. The highest BCUT2D eigenvalue weighted by Crippen LogP contribution is 2.20. The molecule has 2 rings (SSSR count). The molecule has 6 heteroatoms. The molecule has 1 fully saturated rings. The minimum Gasteiger partial charge on any atom is -0.326 e. The summed E-state index contributed by atoms with van der Waals surface area (Å²) in [5.41, 5.74) is 1.99. The quantitative estimate of drug-likeness (QED) is 0.864. The molecular weight excluding hydrogens is 348 g/mol. The molecule has 0 aromatic heterocycles. The monoisotopic (exact) mass is 364 g/mol. The van der Waals surface area contributed by atoms with Gasteiger partial charge in [-0.15, -0.1) is 12.4 Å². The predicted octanol–water partition coefficient (Wildman–Crippen LogP) is 3.21. The third-order valence-electron chi connectivity index (χ3n) is 2.87. The maximum atomic E-state index is 11.9. The molecule has 1 unspecified atom stereocenters. The molecule has 1 aromatic rings. The van der Waals surface area contributed by atoms with E-state index in [2.05, 4.69) is 26.6 Å². The summed E-state index contributed by atoms with van der Waals surface area (Å²) in [5, 5.41) is 6.32. The van der Waals surface area contributed by atoms with E-state index in [9.17, 15) is 4.79 Å². The van der Waals surface area contributed by atoms with Crippen LogP contribution in [-0.4, -0.2) is 30.0 Å². The molecule has 1 amide bonds. The zero-order chi connectivity index (χ0) is 13.0. The first-order valence-electron chi connectivity index (χ1n) is 6.02. The maximum absolute atomic E-state index is 11.9. The van der Waals surface area contributed by atoms with Crippen LogP contribution in [-0.2, 0) is 4.79 Å². The summed E-state index contributed by atoms with van der Waals surface area (Å²) in [6.07, 6.45) is 0.544. The van der Waals surface area contributed by atoms with Crippen molar-refractivity contribution in [3.63, 3.8) is 0 Å². The van der Waals surface area contributed by atoms with Gasteiger partial charge >= 0.3 is 0 Å². The molecule has 0 radical (unpaired) electrons. The lowest BCUT2D eigenvalue weighted by molar-refractivity contribution is -0.116. The lowest BCUT2D eigenvalue weighted by Gasteiger charge is -2.22. The Kier molecular flexibility index (Phi) is 7.21. The Hall–Kier alpha value is -0.230. The van der Waals surface area contributed by atoms with Crippen molar-refractivity contribution in [2.75, 3.05) is 23.4 Å². The SMILES string of the molecule is Cc1cc(NC(=O)CC2CSCCN2)ccc1Br.Cl. The Bertz CT molecular complexity index is 439. The van der Waals surface area contributed by atoms with Crippen molar-refractivity contribution in [2.45, 2.75) is 19.4 Å². The van der Waals surface area contributed by atoms with Gasteiger partial charge in [-0.2, -0.15) is 11.8 Å². The first-order chi connectivity index (χ1) is 8.65. The fraction of sp³-hybridized carbons (Fsp3) is 0.462. The second-order valence-electron chi connectivity index (χ2n) is 4.44. The number of benzene rings is 1. The molecule has 106 valence electrons. The summed E-state index contributed by atoms with van der Waals surface area (Å²) < 4.78 is 1.06. The zero-order valence-electron chi connectivity index (χ0n) is 10.7. The number of carbonyl (C=O) groups is 1. The van der Waals surface area contributed by atoms with E-state index in [0.29, 0.717) is 12.5 Å². The van der Waals surface area contributed by atoms with Crippen LogP contribution in [0.15, 0.2) is 22.7 Å². The molecule has 2 N–H and O–H groups in total. The highest BCUT2D eigenvalue weighted by molar-refractivity contribution is 9.10. The van der Waals surface area contributed by atoms with E-state index >= 15 is 0 Å². The van der Waals surface area contributed by atoms with Gasteiger partial charge in [-0.1, -0.05) is 15.9 Å². The van der Waals surface area contributed by atoms with Crippen molar-refractivity contribution in [3.8, 4) is 0 Å². The summed E-state index contributed by atoms with van der Waals surface area (Å²) in [4.78, 5) is 11.9. The van der Waals surface area contributed by atoms with Crippen LogP contribution >= 0.6 is 40.1 Å². The van der Waals surface area contributed by atoms with E-state index in [0.717, 1.165) is 33.8 Å². The van der Waals surface area contributed by atoms with Gasteiger partial charge < -0.3 is 10.6 Å². The van der Waals surface area contributed by atoms with Crippen molar-refractivity contribution in [1.29, 1.82) is 0 Å². The summed E-state index contributed by atoms with van der Waals surface area (Å²) in [5.74, 6) is 2.24. The molecule has 1 aromatic carbocycles. The zero-order valence-corrected chi connectivity index (χ0v) is 14.0. The highest BCUT2D eigenvalue weighted by atomic mass is 79.9. The molecule has 0 spiro atoms. The van der Waals surface area contributed by atoms with Crippen molar-refractivity contribution in [1.82, 2.24) is 5.32 Å². The Morgan fingerprint density at radius 2 is 2.37 bits per heavy atom. The standard InChI is InChI=1S/C13H17BrN2OS.ClH/c1-9-6-10(2-3-12(9)14)16-13(17)7-11-8-18-5-4-15-11;/h2-3,6,11,15H,4-5,7-8H2,1H3,(H,16,17);1H. The number of thioether (sulfide) groups is 1. The molecule has 0 saturated carbocycles. The number of nitrogens with one attached hydrogen (secondary N) is 2. The van der Waals surface area contributed by atoms with E-state index < -0.39 is 0 Å². The fourth-order valence-electron chi connectivity index (χ4n) is 1.91. The molecule has 0 bridgehead atoms. The number of halogens is 2. The van der Waals surface area contributed by atoms with Gasteiger partial charge in [-0.3, -0.25) is 4.79 Å². The van der Waals surface area contributed by atoms with Gasteiger partial charge in [0.25, 0.3) is 0 Å². The molecular formula is C13H18BrClN2OS. The first kappa shape index (κ1) is 16.8. The van der Waals surface area contributed by atoms with E-state index in [-0.39, 0.29) is 18.3 Å². The van der Waals surface area contributed by atoms with Crippen LogP contribution in [0.2, 0.25) is 0 Å². The second-order valence-corrected chi connectivity index (χ2v) is 6.45. The Morgan fingerprint density at radius 1 is 1.58 bits per heavy atom. The summed E-state index contributed by atoms with van der Waals surface area (Å²) in [6.45, 7) is 3.01. The molecule has 0 aliphatic carbocycles. The van der Waals surface area contributed by atoms with Crippen molar-refractivity contribution < 1.29 is 4.79 Å². The minimum atomic E-state index is 0. The lowest BCUT2D eigenvalue weighted by atomic mass is 10.2. The summed E-state index contributed by atoms with van der Waals surface area (Å²) in [7, 11) is 0. The number of anilines is 1. The number of hydrogen-bond donors (Lipinski definition) is 2. The van der Waals surface area contributed by atoms with Gasteiger partial charge in [0, 0.05) is 40.7 Å². The van der Waals surface area contributed by atoms with Crippen molar-refractivity contribution in [2.24, 2.45) is 0 Å². The van der Waals surface area contributed by atoms with Crippen LogP contribution in [0.3, 0.4) is 0 Å². The average molecular weight is 366 g/mol. The molecule has 1 atom stereocenters. The largest absolute Gasteiger partial charge is 0.326 e. The van der Waals surface area contributed by atoms with E-state index in [1.807, 2.05) is 36.9 Å². The van der Waals surface area contributed by atoms with Gasteiger partial charge in [0.05, 0.1) is 0 Å². The van der Waals surface area contributed by atoms with Crippen molar-refractivity contribution in [3.05, 3.63) is 28.2 Å². The number of amides is 1. The first-order valence-corrected chi connectivity index (χ1v) is 7.97. The van der Waals surface area contributed by atoms with Crippen molar-refractivity contribution >= 4 is 51.7 Å². The van der Waals surface area contributed by atoms with E-state index in [1.165, 1.54) is 0 Å². The lowest BCUT2D eigenvalue weighted by Crippen LogP contribution is -2.39. The van der Waals surface area contributed by atoms with Crippen LogP contribution in [0.5, 0.6) is 0 Å². The third-order valence-corrected chi connectivity index (χ3v) is 4.89. The Morgan fingerprint density at radius 3 is 3.00 bits per heavy atom. The van der Waals surface area contributed by atoms with Crippen LogP contribution in [0.4, 0.5) is 5.69 Å². The smallest absolute Gasteiger partial charge is 0.225 e. The maximum Gasteiger partial charge on any atom is 0.225 e. The second kappa shape index (κ2) is 8.15. The third kappa shape index (κ3) is 5.34. The van der Waals surface area contributed by atoms with Gasteiger partial charge in [-0.05, 0) is 30.7 Å². The van der Waals surface area contributed by atoms with E-state index in [1.54, 1.807) is 0 Å². The molecule has 1 saturated heterocycles. The molecule has 3 nitrogen and oxygen atoms in total. The molecule has 1 aliphatic heterocycles. The van der Waals surface area contributed by atoms with Gasteiger partial charge in [0.15, 0.2) is 0 Å². The van der Waals surface area contributed by atoms with E-state index in [4.69, 9.17) is 0 Å². The van der Waals surface area contributed by atoms with Gasteiger partial charge in [0.2, 0.25) is 5.91 Å². The van der Waals surface area contributed by atoms with Crippen LogP contribution in [0.25, 0.3) is 0 Å². The number of aryl methyl sites for hydroxylation is 1. The number of rotatable bonds is 3. The molecule has 1 aliphatic rings. The number of carbonyl (C=O) groups excluding carboxylic acids is 1. The van der Waals surface area contributed by atoms with Gasteiger partial charge in [0.1, 0.15) is 0 Å². The average Bonchev–Trinajstić information content (AvgIpc) is 2.35. The minimum absolute atomic E-state index is 0. The van der Waals surface area contributed by atoms with Crippen LogP contribution < -0.4 is 10.6 Å². The predicted molar refractivity (Wildman–Crippen MR) is 88.5 cm³/mol. The Balaban J connectivity index is 0.00000180. The summed E-state index contributed by atoms with van der Waals surface area (Å²) >= 11 is 5.36. The molecule has 1 heterocycles. The fourth-order valence-corrected chi connectivity index (χ4v) is 3.10. The Labute approximate surface area is 132 Å². The normalized spacial score (nSPS) is 18.5. The number of hydrogen-bond acceptors (Lipinski definition) is 3. The molecule has 19 heavy (non-hydrogen) atoms. The van der Waals surface area contributed by atoms with Gasteiger partial charge in [-0.25, -0.2) is 0 Å². The van der Waals surface area contributed by atoms with Crippen LogP contribution in [0.1, 0.15) is 12.0 Å².